The van der Waals surface area contributed by atoms with E-state index >= 15 is 0 Å². The van der Waals surface area contributed by atoms with E-state index < -0.39 is 0 Å². The van der Waals surface area contributed by atoms with Gasteiger partial charge in [-0.3, -0.25) is 9.69 Å². The summed E-state index contributed by atoms with van der Waals surface area (Å²) in [4.78, 5) is 22.3. The molecular formula is C27H33N5O. The largest absolute Gasteiger partial charge is 0.385 e. The number of hydrogen-bond acceptors (Lipinski definition) is 4. The van der Waals surface area contributed by atoms with Crippen LogP contribution in [-0.4, -0.2) is 50.4 Å². The topological polar surface area (TPSA) is 53.4 Å². The summed E-state index contributed by atoms with van der Waals surface area (Å²) in [7, 11) is 0. The van der Waals surface area contributed by atoms with E-state index in [1.807, 2.05) is 10.8 Å². The predicted molar refractivity (Wildman–Crippen MR) is 131 cm³/mol. The molecule has 0 aliphatic carbocycles. The second-order valence-corrected chi connectivity index (χ2v) is 9.24. The van der Waals surface area contributed by atoms with Gasteiger partial charge in [-0.2, -0.15) is 0 Å². The van der Waals surface area contributed by atoms with Crippen molar-refractivity contribution in [1.82, 2.24) is 19.4 Å². The first kappa shape index (κ1) is 21.7. The second-order valence-electron chi connectivity index (χ2n) is 9.24. The molecule has 2 aromatic carbocycles. The Balaban J connectivity index is 1.39. The van der Waals surface area contributed by atoms with E-state index in [1.165, 1.54) is 17.5 Å². The summed E-state index contributed by atoms with van der Waals surface area (Å²) in [6.45, 7) is 3.98. The molecule has 0 radical (unpaired) electrons. The van der Waals surface area contributed by atoms with Crippen molar-refractivity contribution in [2.75, 3.05) is 18.4 Å². The number of nitrogens with one attached hydrogen (secondary N) is 1. The zero-order valence-electron chi connectivity index (χ0n) is 19.1. The number of rotatable bonds is 5. The molecule has 3 aromatic rings. The molecule has 1 aromatic heterocycles. The Kier molecular flexibility index (Phi) is 6.72. The second kappa shape index (κ2) is 10.2. The maximum Gasteiger partial charge on any atom is 0.224 e. The number of amides is 1. The molecular weight excluding hydrogens is 410 g/mol. The van der Waals surface area contributed by atoms with Crippen LogP contribution >= 0.6 is 0 Å². The Hall–Kier alpha value is -3.12. The summed E-state index contributed by atoms with van der Waals surface area (Å²) in [5, 5.41) is 3.66. The van der Waals surface area contributed by atoms with Gasteiger partial charge in [0.05, 0.1) is 6.33 Å². The molecule has 0 unspecified atom stereocenters. The van der Waals surface area contributed by atoms with Crippen molar-refractivity contribution < 1.29 is 4.79 Å². The lowest BCUT2D eigenvalue weighted by Gasteiger charge is -2.34. The monoisotopic (exact) mass is 443 g/mol. The summed E-state index contributed by atoms with van der Waals surface area (Å²) in [6.07, 6.45) is 9.40. The molecule has 172 valence electrons. The summed E-state index contributed by atoms with van der Waals surface area (Å²) in [6, 6.07) is 20.1. The van der Waals surface area contributed by atoms with Crippen LogP contribution in [0.15, 0.2) is 73.3 Å². The molecule has 3 heterocycles. The van der Waals surface area contributed by atoms with Gasteiger partial charge in [0, 0.05) is 69.3 Å². The minimum atomic E-state index is 0.209. The van der Waals surface area contributed by atoms with Gasteiger partial charge in [0.15, 0.2) is 0 Å². The number of imidazole rings is 1. The number of anilines is 1. The third kappa shape index (κ3) is 5.28. The number of para-hydroxylation sites is 1. The van der Waals surface area contributed by atoms with E-state index in [9.17, 15) is 4.79 Å². The van der Waals surface area contributed by atoms with E-state index in [0.29, 0.717) is 31.6 Å². The van der Waals surface area contributed by atoms with Crippen LogP contribution in [0.5, 0.6) is 0 Å². The van der Waals surface area contributed by atoms with Gasteiger partial charge in [-0.15, -0.1) is 0 Å². The highest BCUT2D eigenvalue weighted by Crippen LogP contribution is 2.31. The van der Waals surface area contributed by atoms with E-state index in [4.69, 9.17) is 0 Å². The zero-order chi connectivity index (χ0) is 22.5. The van der Waals surface area contributed by atoms with Crippen LogP contribution in [0.1, 0.15) is 36.8 Å². The highest BCUT2D eigenvalue weighted by atomic mass is 16.2. The SMILES string of the molecule is O=C(CCn1ccnc1)N1Cc2ccccc2NCC[C@@H]2CC[C@H](C1)N2Cc1ccccc1. The van der Waals surface area contributed by atoms with Gasteiger partial charge in [-0.1, -0.05) is 48.5 Å². The third-order valence-electron chi connectivity index (χ3n) is 7.08. The van der Waals surface area contributed by atoms with Crippen molar-refractivity contribution in [3.63, 3.8) is 0 Å². The van der Waals surface area contributed by atoms with Gasteiger partial charge < -0.3 is 14.8 Å². The lowest BCUT2D eigenvalue weighted by molar-refractivity contribution is -0.133. The van der Waals surface area contributed by atoms with Crippen molar-refractivity contribution in [3.8, 4) is 0 Å². The van der Waals surface area contributed by atoms with Gasteiger partial charge in [-0.25, -0.2) is 4.98 Å². The fourth-order valence-corrected chi connectivity index (χ4v) is 5.29. The minimum Gasteiger partial charge on any atom is -0.385 e. The Bertz CT molecular complexity index is 1040. The zero-order valence-corrected chi connectivity index (χ0v) is 19.1. The van der Waals surface area contributed by atoms with Crippen LogP contribution in [0, 0.1) is 0 Å². The predicted octanol–water partition coefficient (Wildman–Crippen LogP) is 4.15. The summed E-state index contributed by atoms with van der Waals surface area (Å²) in [5.41, 5.74) is 3.69. The number of carbonyl (C=O) groups excluding carboxylic acids is 1. The molecule has 1 amide bonds. The van der Waals surface area contributed by atoms with E-state index in [1.54, 1.807) is 12.5 Å². The average Bonchev–Trinajstić information content (AvgIpc) is 3.48. The molecule has 2 bridgehead atoms. The molecule has 5 rings (SSSR count). The molecule has 6 heteroatoms. The maximum absolute atomic E-state index is 13.4. The van der Waals surface area contributed by atoms with Crippen LogP contribution in [0.4, 0.5) is 5.69 Å². The van der Waals surface area contributed by atoms with Crippen LogP contribution < -0.4 is 5.32 Å². The maximum atomic E-state index is 13.4. The third-order valence-corrected chi connectivity index (χ3v) is 7.08. The van der Waals surface area contributed by atoms with Crippen molar-refractivity contribution in [3.05, 3.63) is 84.4 Å². The van der Waals surface area contributed by atoms with Gasteiger partial charge in [0.2, 0.25) is 5.91 Å². The number of aromatic nitrogens is 2. The van der Waals surface area contributed by atoms with E-state index in [-0.39, 0.29) is 5.91 Å². The minimum absolute atomic E-state index is 0.209. The first-order valence-corrected chi connectivity index (χ1v) is 12.1. The van der Waals surface area contributed by atoms with E-state index in [0.717, 1.165) is 38.2 Å². The summed E-state index contributed by atoms with van der Waals surface area (Å²) in [5.74, 6) is 0.209. The highest BCUT2D eigenvalue weighted by molar-refractivity contribution is 5.76. The number of aryl methyl sites for hydroxylation is 1. The summed E-state index contributed by atoms with van der Waals surface area (Å²) < 4.78 is 1.98. The van der Waals surface area contributed by atoms with E-state index in [2.05, 4.69) is 74.7 Å². The first-order chi connectivity index (χ1) is 16.3. The number of nitrogens with zero attached hydrogens (tertiary/aromatic N) is 4. The lowest BCUT2D eigenvalue weighted by Crippen LogP contribution is -2.45. The number of carbonyl (C=O) groups is 1. The fraction of sp³-hybridized carbons (Fsp3) is 0.407. The molecule has 0 saturated carbocycles. The number of hydrogen-bond donors (Lipinski definition) is 1. The Labute approximate surface area is 196 Å². The molecule has 2 aliphatic rings. The number of fused-ring (bicyclic) bond motifs is 3. The van der Waals surface area contributed by atoms with Crippen LogP contribution in [0.2, 0.25) is 0 Å². The van der Waals surface area contributed by atoms with Crippen LogP contribution in [-0.2, 0) is 24.4 Å². The quantitative estimate of drug-likeness (QED) is 0.644. The van der Waals surface area contributed by atoms with Gasteiger partial charge in [0.1, 0.15) is 0 Å². The van der Waals surface area contributed by atoms with Crippen LogP contribution in [0.3, 0.4) is 0 Å². The van der Waals surface area contributed by atoms with Crippen molar-refractivity contribution >= 4 is 11.6 Å². The average molecular weight is 444 g/mol. The molecule has 1 saturated heterocycles. The smallest absolute Gasteiger partial charge is 0.224 e. The molecule has 33 heavy (non-hydrogen) atoms. The van der Waals surface area contributed by atoms with Crippen molar-refractivity contribution in [1.29, 1.82) is 0 Å². The van der Waals surface area contributed by atoms with Crippen molar-refractivity contribution in [2.45, 2.75) is 57.4 Å². The molecule has 1 fully saturated rings. The normalized spacial score (nSPS) is 21.2. The molecule has 1 N–H and O–H groups in total. The lowest BCUT2D eigenvalue weighted by atomic mass is 10.1. The molecule has 6 nitrogen and oxygen atoms in total. The van der Waals surface area contributed by atoms with Gasteiger partial charge in [-0.05, 0) is 36.5 Å². The Morgan fingerprint density at radius 3 is 2.67 bits per heavy atom. The summed E-state index contributed by atoms with van der Waals surface area (Å²) >= 11 is 0. The molecule has 2 atom stereocenters. The Morgan fingerprint density at radius 1 is 1.00 bits per heavy atom. The molecule has 0 spiro atoms. The van der Waals surface area contributed by atoms with Crippen molar-refractivity contribution in [2.24, 2.45) is 0 Å². The molecule has 2 aliphatic heterocycles. The Morgan fingerprint density at radius 2 is 1.82 bits per heavy atom. The highest BCUT2D eigenvalue weighted by Gasteiger charge is 2.35. The van der Waals surface area contributed by atoms with Crippen LogP contribution in [0.25, 0.3) is 0 Å². The fourth-order valence-electron chi connectivity index (χ4n) is 5.29. The first-order valence-electron chi connectivity index (χ1n) is 12.1. The standard InChI is InChI=1S/C27H33N5O/c33-27(13-16-30-17-15-28-21-30)31-19-23-8-4-5-9-26(23)29-14-12-24-10-11-25(20-31)32(24)18-22-6-2-1-3-7-22/h1-9,15,17,21,24-25,29H,10-14,16,18-20H2/t24-,25+/m0/s1. The van der Waals surface area contributed by atoms with Gasteiger partial charge in [0.25, 0.3) is 0 Å². The number of benzene rings is 2. The van der Waals surface area contributed by atoms with Gasteiger partial charge >= 0.3 is 0 Å².